The molecule has 0 amide bonds. The maximum absolute atomic E-state index is 4.21. The summed E-state index contributed by atoms with van der Waals surface area (Å²) in [5.74, 6) is 0. The van der Waals surface area contributed by atoms with Gasteiger partial charge < -0.3 is 5.32 Å². The Hall–Kier alpha value is -1.05. The van der Waals surface area contributed by atoms with Crippen LogP contribution in [0.4, 0.5) is 5.69 Å². The van der Waals surface area contributed by atoms with Crippen LogP contribution >= 0.6 is 0 Å². The Balaban J connectivity index is 1.95. The van der Waals surface area contributed by atoms with Gasteiger partial charge in [0.05, 0.1) is 0 Å². The SMILES string of the molecule is Cc1cc(NC2CCCCCC2)ccn1. The van der Waals surface area contributed by atoms with Gasteiger partial charge in [-0.15, -0.1) is 0 Å². The van der Waals surface area contributed by atoms with Gasteiger partial charge >= 0.3 is 0 Å². The van der Waals surface area contributed by atoms with Crippen molar-refractivity contribution in [2.75, 3.05) is 5.32 Å². The molecule has 0 unspecified atom stereocenters. The molecule has 0 aromatic carbocycles. The zero-order chi connectivity index (χ0) is 10.5. The third-order valence-corrected chi connectivity index (χ3v) is 3.12. The summed E-state index contributed by atoms with van der Waals surface area (Å²) in [6.07, 6.45) is 10.1. The molecule has 1 aromatic rings. The highest BCUT2D eigenvalue weighted by Gasteiger charge is 2.11. The summed E-state index contributed by atoms with van der Waals surface area (Å²) in [7, 11) is 0. The first-order valence-electron chi connectivity index (χ1n) is 6.04. The van der Waals surface area contributed by atoms with Crippen LogP contribution in [0.2, 0.25) is 0 Å². The summed E-state index contributed by atoms with van der Waals surface area (Å²) in [6.45, 7) is 2.04. The molecule has 1 heterocycles. The van der Waals surface area contributed by atoms with Gasteiger partial charge in [0, 0.05) is 23.6 Å². The van der Waals surface area contributed by atoms with E-state index in [1.807, 2.05) is 13.1 Å². The molecule has 0 saturated heterocycles. The van der Waals surface area contributed by atoms with Crippen molar-refractivity contribution in [2.24, 2.45) is 0 Å². The Morgan fingerprint density at radius 2 is 1.93 bits per heavy atom. The Kier molecular flexibility index (Phi) is 3.59. The number of aromatic nitrogens is 1. The molecule has 82 valence electrons. The molecule has 1 aliphatic rings. The van der Waals surface area contributed by atoms with Gasteiger partial charge in [-0.25, -0.2) is 0 Å². The number of aryl methyl sites for hydroxylation is 1. The van der Waals surface area contributed by atoms with Crippen molar-refractivity contribution >= 4 is 5.69 Å². The monoisotopic (exact) mass is 204 g/mol. The van der Waals surface area contributed by atoms with Gasteiger partial charge in [-0.1, -0.05) is 25.7 Å². The van der Waals surface area contributed by atoms with E-state index in [1.54, 1.807) is 0 Å². The number of rotatable bonds is 2. The molecule has 1 fully saturated rings. The topological polar surface area (TPSA) is 24.9 Å². The number of nitrogens with one attached hydrogen (secondary N) is 1. The molecule has 1 saturated carbocycles. The number of hydrogen-bond acceptors (Lipinski definition) is 2. The molecule has 2 heteroatoms. The molecule has 0 bridgehead atoms. The largest absolute Gasteiger partial charge is 0.382 e. The summed E-state index contributed by atoms with van der Waals surface area (Å²) < 4.78 is 0. The lowest BCUT2D eigenvalue weighted by Gasteiger charge is -2.17. The summed E-state index contributed by atoms with van der Waals surface area (Å²) in [5.41, 5.74) is 2.32. The van der Waals surface area contributed by atoms with E-state index in [9.17, 15) is 0 Å². The minimum Gasteiger partial charge on any atom is -0.382 e. The lowest BCUT2D eigenvalue weighted by molar-refractivity contribution is 0.620. The van der Waals surface area contributed by atoms with Gasteiger partial charge in [-0.05, 0) is 31.9 Å². The van der Waals surface area contributed by atoms with Gasteiger partial charge in [-0.3, -0.25) is 4.98 Å². The molecular formula is C13H20N2. The molecule has 0 radical (unpaired) electrons. The van der Waals surface area contributed by atoms with Crippen LogP contribution in [0.5, 0.6) is 0 Å². The third kappa shape index (κ3) is 3.22. The molecule has 0 spiro atoms. The average Bonchev–Trinajstić information content (AvgIpc) is 2.46. The first-order chi connectivity index (χ1) is 7.34. The molecule has 1 aliphatic carbocycles. The van der Waals surface area contributed by atoms with E-state index in [0.717, 1.165) is 5.69 Å². The predicted molar refractivity (Wildman–Crippen MR) is 64.1 cm³/mol. The van der Waals surface area contributed by atoms with Crippen molar-refractivity contribution in [1.82, 2.24) is 4.98 Å². The molecule has 0 aliphatic heterocycles. The smallest absolute Gasteiger partial charge is 0.0393 e. The fourth-order valence-electron chi connectivity index (χ4n) is 2.29. The molecule has 0 atom stereocenters. The zero-order valence-corrected chi connectivity index (χ0v) is 9.50. The molecule has 15 heavy (non-hydrogen) atoms. The minimum atomic E-state index is 0.675. The fraction of sp³-hybridized carbons (Fsp3) is 0.615. The minimum absolute atomic E-state index is 0.675. The van der Waals surface area contributed by atoms with E-state index in [1.165, 1.54) is 44.2 Å². The van der Waals surface area contributed by atoms with E-state index in [4.69, 9.17) is 0 Å². The molecule has 2 rings (SSSR count). The van der Waals surface area contributed by atoms with Crippen LogP contribution in [-0.2, 0) is 0 Å². The Morgan fingerprint density at radius 3 is 2.60 bits per heavy atom. The van der Waals surface area contributed by atoms with Crippen molar-refractivity contribution in [3.63, 3.8) is 0 Å². The lowest BCUT2D eigenvalue weighted by Crippen LogP contribution is -2.18. The van der Waals surface area contributed by atoms with Crippen LogP contribution < -0.4 is 5.32 Å². The van der Waals surface area contributed by atoms with Crippen molar-refractivity contribution < 1.29 is 0 Å². The van der Waals surface area contributed by atoms with E-state index in [2.05, 4.69) is 22.4 Å². The molecule has 2 nitrogen and oxygen atoms in total. The highest BCUT2D eigenvalue weighted by Crippen LogP contribution is 2.21. The van der Waals surface area contributed by atoms with Gasteiger partial charge in [0.25, 0.3) is 0 Å². The second-order valence-corrected chi connectivity index (χ2v) is 4.52. The van der Waals surface area contributed by atoms with Crippen molar-refractivity contribution in [1.29, 1.82) is 0 Å². The lowest BCUT2D eigenvalue weighted by atomic mass is 10.1. The first kappa shape index (κ1) is 10.5. The quantitative estimate of drug-likeness (QED) is 0.745. The standard InChI is InChI=1S/C13H20N2/c1-11-10-13(8-9-14-11)15-12-6-4-2-3-5-7-12/h8-10,12H,2-7H2,1H3,(H,14,15). The molecular weight excluding hydrogens is 184 g/mol. The van der Waals surface area contributed by atoms with E-state index in [0.29, 0.717) is 6.04 Å². The van der Waals surface area contributed by atoms with Gasteiger partial charge in [0.2, 0.25) is 0 Å². The van der Waals surface area contributed by atoms with E-state index >= 15 is 0 Å². The van der Waals surface area contributed by atoms with Crippen LogP contribution in [-0.4, -0.2) is 11.0 Å². The van der Waals surface area contributed by atoms with Crippen LogP contribution in [0.1, 0.15) is 44.2 Å². The van der Waals surface area contributed by atoms with Crippen molar-refractivity contribution in [3.05, 3.63) is 24.0 Å². The maximum atomic E-state index is 4.21. The highest BCUT2D eigenvalue weighted by molar-refractivity contribution is 5.43. The van der Waals surface area contributed by atoms with Gasteiger partial charge in [0.1, 0.15) is 0 Å². The number of pyridine rings is 1. The fourth-order valence-corrected chi connectivity index (χ4v) is 2.29. The first-order valence-corrected chi connectivity index (χ1v) is 6.04. The number of nitrogens with zero attached hydrogens (tertiary/aromatic N) is 1. The van der Waals surface area contributed by atoms with Crippen molar-refractivity contribution in [3.8, 4) is 0 Å². The van der Waals surface area contributed by atoms with Crippen LogP contribution in [0.25, 0.3) is 0 Å². The number of hydrogen-bond donors (Lipinski definition) is 1. The summed E-state index contributed by atoms with van der Waals surface area (Å²) in [4.78, 5) is 4.21. The zero-order valence-electron chi connectivity index (χ0n) is 9.50. The van der Waals surface area contributed by atoms with Crippen molar-refractivity contribution in [2.45, 2.75) is 51.5 Å². The van der Waals surface area contributed by atoms with Gasteiger partial charge in [0.15, 0.2) is 0 Å². The number of anilines is 1. The average molecular weight is 204 g/mol. The Bertz CT molecular complexity index is 301. The van der Waals surface area contributed by atoms with Crippen LogP contribution in [0.15, 0.2) is 18.3 Å². The highest BCUT2D eigenvalue weighted by atomic mass is 14.9. The second kappa shape index (κ2) is 5.15. The predicted octanol–water partition coefficient (Wildman–Crippen LogP) is 3.52. The summed E-state index contributed by atoms with van der Waals surface area (Å²) >= 11 is 0. The van der Waals surface area contributed by atoms with Gasteiger partial charge in [-0.2, -0.15) is 0 Å². The second-order valence-electron chi connectivity index (χ2n) is 4.52. The Labute approximate surface area is 92.1 Å². The summed E-state index contributed by atoms with van der Waals surface area (Å²) in [5, 5.41) is 3.62. The third-order valence-electron chi connectivity index (χ3n) is 3.12. The normalized spacial score (nSPS) is 18.5. The molecule has 1 N–H and O–H groups in total. The Morgan fingerprint density at radius 1 is 1.20 bits per heavy atom. The van der Waals surface area contributed by atoms with Crippen LogP contribution in [0, 0.1) is 6.92 Å². The molecule has 1 aromatic heterocycles. The van der Waals surface area contributed by atoms with E-state index in [-0.39, 0.29) is 0 Å². The van der Waals surface area contributed by atoms with E-state index < -0.39 is 0 Å². The maximum Gasteiger partial charge on any atom is 0.0393 e. The summed E-state index contributed by atoms with van der Waals surface area (Å²) in [6, 6.07) is 4.87. The van der Waals surface area contributed by atoms with Crippen LogP contribution in [0.3, 0.4) is 0 Å².